The third-order valence-corrected chi connectivity index (χ3v) is 7.73. The lowest BCUT2D eigenvalue weighted by Gasteiger charge is -2.10. The first kappa shape index (κ1) is 29.8. The fourth-order valence-electron chi connectivity index (χ4n) is 4.26. The van der Waals surface area contributed by atoms with E-state index in [1.54, 1.807) is 37.3 Å². The maximum absolute atomic E-state index is 12.7. The van der Waals surface area contributed by atoms with Gasteiger partial charge in [-0.1, -0.05) is 30.2 Å². The number of amides is 2. The van der Waals surface area contributed by atoms with Gasteiger partial charge in [0.15, 0.2) is 11.5 Å². The molecule has 0 saturated heterocycles. The molecule has 0 saturated carbocycles. The van der Waals surface area contributed by atoms with Gasteiger partial charge in [-0.05, 0) is 74.1 Å². The number of halogens is 1. The molecule has 0 spiro atoms. The fourth-order valence-corrected chi connectivity index (χ4v) is 5.74. The van der Waals surface area contributed by atoms with Crippen LogP contribution in [0.15, 0.2) is 47.6 Å². The molecule has 2 amide bonds. The van der Waals surface area contributed by atoms with E-state index in [2.05, 4.69) is 15.8 Å². The van der Waals surface area contributed by atoms with Gasteiger partial charge in [0.05, 0.1) is 36.1 Å². The third kappa shape index (κ3) is 7.30. The minimum Gasteiger partial charge on any atom is -0.493 e. The number of methoxy groups -OCH3 is 1. The number of fused-ring (bicyclic) bond motifs is 1. The van der Waals surface area contributed by atoms with Crippen LogP contribution in [0.4, 0.5) is 5.00 Å². The lowest BCUT2D eigenvalue weighted by molar-refractivity contribution is -0.136. The zero-order chi connectivity index (χ0) is 29.4. The quantitative estimate of drug-likeness (QED) is 0.0915. The predicted octanol–water partition coefficient (Wildman–Crippen LogP) is 5.16. The number of anilines is 1. The van der Waals surface area contributed by atoms with E-state index in [1.807, 2.05) is 0 Å². The summed E-state index contributed by atoms with van der Waals surface area (Å²) in [6.45, 7) is 1.91. The highest BCUT2D eigenvalue weighted by Crippen LogP contribution is 2.38. The third-order valence-electron chi connectivity index (χ3n) is 6.20. The Morgan fingerprint density at radius 2 is 1.78 bits per heavy atom. The molecule has 3 aromatic rings. The van der Waals surface area contributed by atoms with E-state index in [1.165, 1.54) is 36.8 Å². The van der Waals surface area contributed by atoms with Gasteiger partial charge >= 0.3 is 23.8 Å². The molecule has 0 aliphatic heterocycles. The van der Waals surface area contributed by atoms with Crippen LogP contribution in [-0.4, -0.2) is 43.7 Å². The van der Waals surface area contributed by atoms with Crippen molar-refractivity contribution in [2.75, 3.05) is 19.0 Å². The lowest BCUT2D eigenvalue weighted by atomic mass is 10.1. The van der Waals surface area contributed by atoms with Crippen LogP contribution in [0.25, 0.3) is 0 Å². The Hall–Kier alpha value is -4.22. The Morgan fingerprint density at radius 1 is 1.00 bits per heavy atom. The van der Waals surface area contributed by atoms with Crippen molar-refractivity contribution in [2.45, 2.75) is 39.0 Å². The summed E-state index contributed by atoms with van der Waals surface area (Å²) < 4.78 is 16.0. The Balaban J connectivity index is 1.41. The second-order valence-corrected chi connectivity index (χ2v) is 10.4. The van der Waals surface area contributed by atoms with E-state index < -0.39 is 23.8 Å². The number of carbonyl (C=O) groups is 4. The first-order chi connectivity index (χ1) is 19.8. The van der Waals surface area contributed by atoms with Gasteiger partial charge in [0.1, 0.15) is 5.00 Å². The first-order valence-electron chi connectivity index (χ1n) is 12.9. The van der Waals surface area contributed by atoms with Gasteiger partial charge in [0.2, 0.25) is 0 Å². The van der Waals surface area contributed by atoms with E-state index in [4.69, 9.17) is 25.8 Å². The highest BCUT2D eigenvalue weighted by Gasteiger charge is 2.28. The number of ether oxygens (including phenoxy) is 3. The fraction of sp³-hybridized carbons (Fsp3) is 0.276. The molecule has 1 aromatic heterocycles. The van der Waals surface area contributed by atoms with Crippen molar-refractivity contribution in [3.63, 3.8) is 0 Å². The maximum atomic E-state index is 12.7. The molecule has 1 aliphatic rings. The van der Waals surface area contributed by atoms with Crippen LogP contribution in [0.1, 0.15) is 62.9 Å². The van der Waals surface area contributed by atoms with Crippen molar-refractivity contribution in [3.8, 4) is 11.5 Å². The van der Waals surface area contributed by atoms with E-state index in [0.29, 0.717) is 22.5 Å². The first-order valence-corrected chi connectivity index (χ1v) is 14.1. The number of thiophene rings is 1. The Morgan fingerprint density at radius 3 is 2.54 bits per heavy atom. The van der Waals surface area contributed by atoms with E-state index >= 15 is 0 Å². The van der Waals surface area contributed by atoms with Gasteiger partial charge in [-0.15, -0.1) is 11.3 Å². The Kier molecular flexibility index (Phi) is 10.1. The van der Waals surface area contributed by atoms with Gasteiger partial charge in [0.25, 0.3) is 0 Å². The van der Waals surface area contributed by atoms with E-state index in [9.17, 15) is 19.2 Å². The second-order valence-electron chi connectivity index (χ2n) is 8.92. The van der Waals surface area contributed by atoms with Crippen molar-refractivity contribution in [3.05, 3.63) is 74.6 Å². The largest absolute Gasteiger partial charge is 0.493 e. The molecule has 41 heavy (non-hydrogen) atoms. The summed E-state index contributed by atoms with van der Waals surface area (Å²) in [5.41, 5.74) is 4.08. The van der Waals surface area contributed by atoms with Crippen molar-refractivity contribution in [1.29, 1.82) is 0 Å². The number of nitrogens with zero attached hydrogens (tertiary/aromatic N) is 1. The smallest absolute Gasteiger partial charge is 0.345 e. The average Bonchev–Trinajstić information content (AvgIpc) is 3.13. The standard InChI is InChI=1S/C29H28ClN3O7S/c1-3-39-29(37)24-19-10-5-4-6-12-23(19)41-27(24)32-25(34)26(35)33-31-16-17-13-14-21(22(15-17)38-2)40-28(36)18-9-7-8-11-20(18)30/h7-9,11,13-16H,3-6,10,12H2,1-2H3,(H,32,34)(H,33,35)/b31-16+. The van der Waals surface area contributed by atoms with Crippen LogP contribution < -0.4 is 20.2 Å². The highest BCUT2D eigenvalue weighted by atomic mass is 35.5. The number of aryl methyl sites for hydroxylation is 1. The summed E-state index contributed by atoms with van der Waals surface area (Å²) in [7, 11) is 1.41. The molecule has 0 atom stereocenters. The minimum atomic E-state index is -1.02. The maximum Gasteiger partial charge on any atom is 0.345 e. The number of hydrogen-bond acceptors (Lipinski definition) is 9. The Labute approximate surface area is 245 Å². The molecule has 2 aromatic carbocycles. The van der Waals surface area contributed by atoms with Crippen LogP contribution in [0.2, 0.25) is 5.02 Å². The average molecular weight is 598 g/mol. The molecular weight excluding hydrogens is 570 g/mol. The molecule has 12 heteroatoms. The van der Waals surface area contributed by atoms with E-state index in [-0.39, 0.29) is 28.7 Å². The van der Waals surface area contributed by atoms with Crippen LogP contribution in [-0.2, 0) is 27.2 Å². The summed E-state index contributed by atoms with van der Waals surface area (Å²) in [6, 6.07) is 11.1. The molecule has 1 aliphatic carbocycles. The zero-order valence-corrected chi connectivity index (χ0v) is 24.0. The molecule has 2 N–H and O–H groups in total. The van der Waals surface area contributed by atoms with Crippen molar-refractivity contribution in [2.24, 2.45) is 5.10 Å². The lowest BCUT2D eigenvalue weighted by Crippen LogP contribution is -2.32. The molecule has 0 unspecified atom stereocenters. The molecule has 214 valence electrons. The molecule has 10 nitrogen and oxygen atoms in total. The number of hydrazone groups is 1. The van der Waals surface area contributed by atoms with Crippen molar-refractivity contribution >= 4 is 57.9 Å². The number of rotatable bonds is 8. The molecule has 0 fully saturated rings. The van der Waals surface area contributed by atoms with Crippen LogP contribution in [0.3, 0.4) is 0 Å². The minimum absolute atomic E-state index is 0.157. The summed E-state index contributed by atoms with van der Waals surface area (Å²) in [5, 5.41) is 6.94. The van der Waals surface area contributed by atoms with Crippen LogP contribution >= 0.6 is 22.9 Å². The number of nitrogens with one attached hydrogen (secondary N) is 2. The SMILES string of the molecule is CCOC(=O)c1c(NC(=O)C(=O)N/N=C/c2ccc(OC(=O)c3ccccc3Cl)c(OC)c2)sc2c1CCCCC2. The molecule has 0 bridgehead atoms. The van der Waals surface area contributed by atoms with E-state index in [0.717, 1.165) is 36.1 Å². The highest BCUT2D eigenvalue weighted by molar-refractivity contribution is 7.17. The number of carbonyl (C=O) groups excluding carboxylic acids is 4. The molecular formula is C29H28ClN3O7S. The molecule has 1 heterocycles. The van der Waals surface area contributed by atoms with Gasteiger partial charge in [0, 0.05) is 4.88 Å². The number of hydrogen-bond donors (Lipinski definition) is 2. The zero-order valence-electron chi connectivity index (χ0n) is 22.5. The van der Waals surface area contributed by atoms with Gasteiger partial charge in [-0.25, -0.2) is 15.0 Å². The van der Waals surface area contributed by atoms with Crippen LogP contribution in [0.5, 0.6) is 11.5 Å². The summed E-state index contributed by atoms with van der Waals surface area (Å²) in [6.07, 6.45) is 5.81. The topological polar surface area (TPSA) is 132 Å². The summed E-state index contributed by atoms with van der Waals surface area (Å²) >= 11 is 7.36. The van der Waals surface area contributed by atoms with Gasteiger partial charge in [-0.3, -0.25) is 9.59 Å². The van der Waals surface area contributed by atoms with Gasteiger partial charge in [-0.2, -0.15) is 5.10 Å². The predicted molar refractivity (Wildman–Crippen MR) is 155 cm³/mol. The van der Waals surface area contributed by atoms with Crippen LogP contribution in [0, 0.1) is 0 Å². The number of esters is 2. The molecule has 0 radical (unpaired) electrons. The van der Waals surface area contributed by atoms with Crippen molar-refractivity contribution < 1.29 is 33.4 Å². The monoisotopic (exact) mass is 597 g/mol. The van der Waals surface area contributed by atoms with Crippen molar-refractivity contribution in [1.82, 2.24) is 5.43 Å². The number of benzene rings is 2. The Bertz CT molecular complexity index is 1500. The summed E-state index contributed by atoms with van der Waals surface area (Å²) in [4.78, 5) is 51.3. The van der Waals surface area contributed by atoms with Gasteiger partial charge < -0.3 is 19.5 Å². The summed E-state index contributed by atoms with van der Waals surface area (Å²) in [5.74, 6) is -2.76. The molecule has 4 rings (SSSR count). The normalized spacial score (nSPS) is 12.7. The second kappa shape index (κ2) is 13.9.